The topological polar surface area (TPSA) is 32.3 Å². The van der Waals surface area contributed by atoms with Crippen molar-refractivity contribution in [1.82, 2.24) is 9.62 Å². The van der Waals surface area contributed by atoms with Crippen molar-refractivity contribution >= 4 is 18.0 Å². The molecule has 4 heteroatoms. The maximum Gasteiger partial charge on any atom is 0.327 e. The molecule has 0 fully saturated rings. The summed E-state index contributed by atoms with van der Waals surface area (Å²) in [5, 5.41) is 2.87. The van der Waals surface area contributed by atoms with Gasteiger partial charge in [0.2, 0.25) is 0 Å². The summed E-state index contributed by atoms with van der Waals surface area (Å²) in [5.74, 6) is 2.09. The van der Waals surface area contributed by atoms with Gasteiger partial charge in [-0.15, -0.1) is 0 Å². The number of carbonyl (C=O) groups excluding carboxylic acids is 1. The van der Waals surface area contributed by atoms with Gasteiger partial charge in [-0.2, -0.15) is 0 Å². The molecule has 0 atom stereocenters. The van der Waals surface area contributed by atoms with Crippen molar-refractivity contribution in [3.63, 3.8) is 0 Å². The molecule has 1 N–H and O–H groups in total. The number of amides is 2. The van der Waals surface area contributed by atoms with E-state index in [1.54, 1.807) is 16.3 Å². The van der Waals surface area contributed by atoms with Crippen LogP contribution >= 0.6 is 11.9 Å². The Kier molecular flexibility index (Phi) is 6.79. The van der Waals surface area contributed by atoms with Gasteiger partial charge in [-0.25, -0.2) is 4.79 Å². The molecular weight excluding hydrogens is 196 g/mol. The lowest BCUT2D eigenvalue weighted by molar-refractivity contribution is 0.229. The molecule has 0 aliphatic heterocycles. The molecule has 0 bridgehead atoms. The summed E-state index contributed by atoms with van der Waals surface area (Å²) in [6.07, 6.45) is 0. The van der Waals surface area contributed by atoms with Gasteiger partial charge in [-0.1, -0.05) is 27.7 Å². The van der Waals surface area contributed by atoms with Gasteiger partial charge < -0.3 is 5.32 Å². The van der Waals surface area contributed by atoms with E-state index in [2.05, 4.69) is 33.0 Å². The van der Waals surface area contributed by atoms with E-state index in [4.69, 9.17) is 0 Å². The summed E-state index contributed by atoms with van der Waals surface area (Å²) in [6.45, 7) is 9.20. The van der Waals surface area contributed by atoms with Crippen molar-refractivity contribution in [3.05, 3.63) is 0 Å². The highest BCUT2D eigenvalue weighted by molar-refractivity contribution is 7.97. The molecule has 0 unspecified atom stereocenters. The number of hydrogen-bond donors (Lipinski definition) is 1. The normalized spacial score (nSPS) is 10.8. The minimum absolute atomic E-state index is 0.00403. The zero-order valence-corrected chi connectivity index (χ0v) is 10.6. The van der Waals surface area contributed by atoms with Gasteiger partial charge in [0.25, 0.3) is 0 Å². The molecule has 0 aliphatic rings. The van der Waals surface area contributed by atoms with Crippen molar-refractivity contribution in [3.8, 4) is 0 Å². The van der Waals surface area contributed by atoms with E-state index in [0.717, 1.165) is 12.3 Å². The van der Waals surface area contributed by atoms with E-state index in [1.807, 2.05) is 7.05 Å². The van der Waals surface area contributed by atoms with Crippen LogP contribution in [0.25, 0.3) is 0 Å². The Hall–Kier alpha value is -0.380. The smallest absolute Gasteiger partial charge is 0.327 e. The molecule has 0 aliphatic carbocycles. The van der Waals surface area contributed by atoms with Gasteiger partial charge in [0.15, 0.2) is 0 Å². The van der Waals surface area contributed by atoms with Crippen LogP contribution in [0.4, 0.5) is 4.79 Å². The van der Waals surface area contributed by atoms with E-state index in [0.29, 0.717) is 11.8 Å². The highest BCUT2D eigenvalue weighted by Gasteiger charge is 2.09. The lowest BCUT2D eigenvalue weighted by atomic mass is 10.2. The highest BCUT2D eigenvalue weighted by atomic mass is 32.2. The molecule has 0 radical (unpaired) electrons. The molecule has 0 saturated heterocycles. The molecule has 84 valence electrons. The van der Waals surface area contributed by atoms with Crippen LogP contribution in [0.3, 0.4) is 0 Å². The zero-order chi connectivity index (χ0) is 11.1. The lowest BCUT2D eigenvalue weighted by Gasteiger charge is -2.18. The number of nitrogens with zero attached hydrogens (tertiary/aromatic N) is 1. The van der Waals surface area contributed by atoms with Crippen LogP contribution in [0.2, 0.25) is 0 Å². The second-order valence-electron chi connectivity index (χ2n) is 4.27. The predicted molar refractivity (Wildman–Crippen MR) is 63.3 cm³/mol. The Morgan fingerprint density at radius 3 is 2.29 bits per heavy atom. The summed E-state index contributed by atoms with van der Waals surface area (Å²) < 4.78 is 1.67. The van der Waals surface area contributed by atoms with Gasteiger partial charge in [0.05, 0.1) is 0 Å². The molecule has 0 saturated carbocycles. The maximum atomic E-state index is 11.5. The summed E-state index contributed by atoms with van der Waals surface area (Å²) in [4.78, 5) is 11.5. The average Bonchev–Trinajstić information content (AvgIpc) is 2.09. The third-order valence-corrected chi connectivity index (χ3v) is 2.92. The van der Waals surface area contributed by atoms with Crippen LogP contribution in [0.1, 0.15) is 27.7 Å². The first-order valence-electron chi connectivity index (χ1n) is 5.08. The van der Waals surface area contributed by atoms with Gasteiger partial charge in [0.1, 0.15) is 0 Å². The number of nitrogens with one attached hydrogen (secondary N) is 1. The molecule has 0 heterocycles. The lowest BCUT2D eigenvalue weighted by Crippen LogP contribution is -2.35. The largest absolute Gasteiger partial charge is 0.337 e. The van der Waals surface area contributed by atoms with E-state index >= 15 is 0 Å². The molecule has 0 aromatic carbocycles. The third kappa shape index (κ3) is 7.06. The number of urea groups is 1. The Balaban J connectivity index is 3.65. The first kappa shape index (κ1) is 13.6. The minimum Gasteiger partial charge on any atom is -0.337 e. The van der Waals surface area contributed by atoms with Crippen molar-refractivity contribution < 1.29 is 4.79 Å². The Morgan fingerprint density at radius 1 is 1.29 bits per heavy atom. The Bertz CT molecular complexity index is 172. The number of rotatable bonds is 5. The highest BCUT2D eigenvalue weighted by Crippen LogP contribution is 2.11. The molecule has 0 aromatic rings. The molecule has 3 nitrogen and oxygen atoms in total. The molecule has 0 aromatic heterocycles. The van der Waals surface area contributed by atoms with E-state index < -0.39 is 0 Å². The maximum absolute atomic E-state index is 11.5. The van der Waals surface area contributed by atoms with Crippen molar-refractivity contribution in [2.75, 3.05) is 19.3 Å². The number of carbonyl (C=O) groups is 1. The van der Waals surface area contributed by atoms with Gasteiger partial charge in [-0.05, 0) is 23.8 Å². The summed E-state index contributed by atoms with van der Waals surface area (Å²) >= 11 is 1.57. The summed E-state index contributed by atoms with van der Waals surface area (Å²) in [7, 11) is 1.81. The summed E-state index contributed by atoms with van der Waals surface area (Å²) in [5.41, 5.74) is 0. The van der Waals surface area contributed by atoms with Gasteiger partial charge in [0, 0.05) is 19.3 Å². The quantitative estimate of drug-likeness (QED) is 0.719. The van der Waals surface area contributed by atoms with E-state index in [9.17, 15) is 4.79 Å². The first-order chi connectivity index (χ1) is 6.43. The van der Waals surface area contributed by atoms with Gasteiger partial charge >= 0.3 is 6.03 Å². The predicted octanol–water partition coefficient (Wildman–Crippen LogP) is 2.59. The molecular formula is C10H22N2OS. The molecule has 0 spiro atoms. The molecule has 0 rings (SSSR count). The van der Waals surface area contributed by atoms with Crippen LogP contribution in [0.5, 0.6) is 0 Å². The van der Waals surface area contributed by atoms with E-state index in [-0.39, 0.29) is 6.03 Å². The van der Waals surface area contributed by atoms with Crippen LogP contribution in [0, 0.1) is 11.8 Å². The Morgan fingerprint density at radius 2 is 1.86 bits per heavy atom. The monoisotopic (exact) mass is 218 g/mol. The zero-order valence-electron chi connectivity index (χ0n) is 9.83. The van der Waals surface area contributed by atoms with Crippen LogP contribution < -0.4 is 5.32 Å². The fourth-order valence-corrected chi connectivity index (χ4v) is 1.43. The molecule has 14 heavy (non-hydrogen) atoms. The standard InChI is InChI=1S/C10H22N2OS/c1-8(2)6-11-10(13)12(5)14-7-9(3)4/h8-9H,6-7H2,1-5H3,(H,11,13). The fraction of sp³-hybridized carbons (Fsp3) is 0.900. The van der Waals surface area contributed by atoms with Gasteiger partial charge in [-0.3, -0.25) is 4.31 Å². The second kappa shape index (κ2) is 6.98. The van der Waals surface area contributed by atoms with E-state index in [1.165, 1.54) is 0 Å². The third-order valence-electron chi connectivity index (χ3n) is 1.55. The van der Waals surface area contributed by atoms with Crippen molar-refractivity contribution in [2.45, 2.75) is 27.7 Å². The minimum atomic E-state index is 0.00403. The van der Waals surface area contributed by atoms with Crippen LogP contribution in [0.15, 0.2) is 0 Å². The SMILES string of the molecule is CC(C)CNC(=O)N(C)SCC(C)C. The average molecular weight is 218 g/mol. The first-order valence-corrected chi connectivity index (χ1v) is 6.02. The summed E-state index contributed by atoms with van der Waals surface area (Å²) in [6, 6.07) is 0.00403. The van der Waals surface area contributed by atoms with Crippen LogP contribution in [-0.2, 0) is 0 Å². The van der Waals surface area contributed by atoms with Crippen LogP contribution in [-0.4, -0.2) is 29.7 Å². The Labute approximate surface area is 91.8 Å². The second-order valence-corrected chi connectivity index (χ2v) is 5.41. The fourth-order valence-electron chi connectivity index (χ4n) is 0.722. The number of hydrogen-bond acceptors (Lipinski definition) is 2. The van der Waals surface area contributed by atoms with Crippen molar-refractivity contribution in [2.24, 2.45) is 11.8 Å². The van der Waals surface area contributed by atoms with Crippen molar-refractivity contribution in [1.29, 1.82) is 0 Å². The molecule has 2 amide bonds.